The number of rotatable bonds is 2. The van der Waals surface area contributed by atoms with Crippen molar-refractivity contribution in [1.29, 1.82) is 0 Å². The molecule has 28 heavy (non-hydrogen) atoms. The molecule has 2 aromatic rings. The first-order valence-corrected chi connectivity index (χ1v) is 9.16. The van der Waals surface area contributed by atoms with Crippen LogP contribution in [0.5, 0.6) is 0 Å². The normalized spacial score (nSPS) is 21.9. The molecule has 3 heterocycles. The van der Waals surface area contributed by atoms with Gasteiger partial charge in [0.15, 0.2) is 5.82 Å². The fourth-order valence-corrected chi connectivity index (χ4v) is 4.07. The van der Waals surface area contributed by atoms with Gasteiger partial charge in [0, 0.05) is 30.5 Å². The second-order valence-corrected chi connectivity index (χ2v) is 7.36. The fraction of sp³-hybridized carbons (Fsp3) is 0.400. The summed E-state index contributed by atoms with van der Waals surface area (Å²) in [6, 6.07) is 8.81. The van der Waals surface area contributed by atoms with Crippen LogP contribution in [0.3, 0.4) is 0 Å². The predicted molar refractivity (Wildman–Crippen MR) is 98.9 cm³/mol. The first-order chi connectivity index (χ1) is 13.2. The quantitative estimate of drug-likeness (QED) is 0.830. The highest BCUT2D eigenvalue weighted by Gasteiger charge is 2.39. The summed E-state index contributed by atoms with van der Waals surface area (Å²) in [5.74, 6) is -0.453. The molecule has 0 aliphatic carbocycles. The van der Waals surface area contributed by atoms with E-state index < -0.39 is 23.6 Å². The topological polar surface area (TPSA) is 56.7 Å². The van der Waals surface area contributed by atoms with E-state index >= 15 is 0 Å². The lowest BCUT2D eigenvalue weighted by Gasteiger charge is -2.47. The number of alkyl halides is 3. The van der Waals surface area contributed by atoms with Crippen molar-refractivity contribution >= 4 is 23.2 Å². The van der Waals surface area contributed by atoms with Crippen LogP contribution in [0.1, 0.15) is 24.1 Å². The average molecular weight is 391 g/mol. The highest BCUT2D eigenvalue weighted by Crippen LogP contribution is 2.42. The Hall–Kier alpha value is -2.77. The Morgan fingerprint density at radius 1 is 1.18 bits per heavy atom. The van der Waals surface area contributed by atoms with Crippen LogP contribution in [0, 0.1) is 12.8 Å². The van der Waals surface area contributed by atoms with Gasteiger partial charge in [0.05, 0.1) is 17.2 Å². The Morgan fingerprint density at radius 3 is 2.54 bits per heavy atom. The third-order valence-corrected chi connectivity index (χ3v) is 5.52. The molecule has 1 aromatic heterocycles. The SMILES string of the molecule is Cc1ccc2c(n1)N1CCC(C(=O)O)CC1CN2c1ccc(C(F)(F)F)cc1. The number of carboxylic acid groups (broad SMARTS) is 1. The summed E-state index contributed by atoms with van der Waals surface area (Å²) in [4.78, 5) is 20.2. The van der Waals surface area contributed by atoms with Gasteiger partial charge in [0.1, 0.15) is 0 Å². The van der Waals surface area contributed by atoms with Crippen molar-refractivity contribution in [2.45, 2.75) is 32.0 Å². The molecule has 1 N–H and O–H groups in total. The van der Waals surface area contributed by atoms with E-state index in [9.17, 15) is 23.1 Å². The molecule has 0 bridgehead atoms. The van der Waals surface area contributed by atoms with E-state index in [2.05, 4.69) is 9.88 Å². The largest absolute Gasteiger partial charge is 0.481 e. The summed E-state index contributed by atoms with van der Waals surface area (Å²) in [6.45, 7) is 3.00. The molecule has 2 aliphatic heterocycles. The maximum Gasteiger partial charge on any atom is 0.416 e. The summed E-state index contributed by atoms with van der Waals surface area (Å²) in [5.41, 5.74) is 1.61. The van der Waals surface area contributed by atoms with Crippen molar-refractivity contribution in [3.63, 3.8) is 0 Å². The van der Waals surface area contributed by atoms with Gasteiger partial charge < -0.3 is 14.9 Å². The van der Waals surface area contributed by atoms with Gasteiger partial charge in [-0.25, -0.2) is 4.98 Å². The Balaban J connectivity index is 1.72. The number of carboxylic acids is 1. The molecular formula is C20H20F3N3O2. The summed E-state index contributed by atoms with van der Waals surface area (Å²) < 4.78 is 38.7. The lowest BCUT2D eigenvalue weighted by Crippen LogP contribution is -2.53. The van der Waals surface area contributed by atoms with E-state index in [1.54, 1.807) is 0 Å². The van der Waals surface area contributed by atoms with Crippen molar-refractivity contribution in [3.05, 3.63) is 47.7 Å². The minimum atomic E-state index is -4.38. The molecule has 2 aliphatic rings. The van der Waals surface area contributed by atoms with Crippen LogP contribution in [-0.2, 0) is 11.0 Å². The van der Waals surface area contributed by atoms with Gasteiger partial charge in [0.2, 0.25) is 0 Å². The smallest absolute Gasteiger partial charge is 0.416 e. The van der Waals surface area contributed by atoms with E-state index in [0.29, 0.717) is 31.6 Å². The van der Waals surface area contributed by atoms with Crippen molar-refractivity contribution in [3.8, 4) is 0 Å². The van der Waals surface area contributed by atoms with Crippen molar-refractivity contribution in [2.24, 2.45) is 5.92 Å². The summed E-state index contributed by atoms with van der Waals surface area (Å²) in [6.07, 6.45) is -3.34. The zero-order valence-corrected chi connectivity index (χ0v) is 15.3. The Kier molecular flexibility index (Phi) is 4.44. The number of aryl methyl sites for hydroxylation is 1. The third kappa shape index (κ3) is 3.27. The van der Waals surface area contributed by atoms with E-state index in [0.717, 1.165) is 29.3 Å². The number of halogens is 3. The number of anilines is 3. The summed E-state index contributed by atoms with van der Waals surface area (Å²) in [5, 5.41) is 9.40. The highest BCUT2D eigenvalue weighted by atomic mass is 19.4. The molecule has 2 atom stereocenters. The fourth-order valence-electron chi connectivity index (χ4n) is 4.07. The molecular weight excluding hydrogens is 371 g/mol. The molecule has 1 fully saturated rings. The number of nitrogens with zero attached hydrogens (tertiary/aromatic N) is 3. The number of pyridine rings is 1. The Labute approximate surface area is 160 Å². The Morgan fingerprint density at radius 2 is 1.89 bits per heavy atom. The van der Waals surface area contributed by atoms with Crippen LogP contribution in [-0.4, -0.2) is 35.2 Å². The van der Waals surface area contributed by atoms with Gasteiger partial charge in [0.25, 0.3) is 0 Å². The molecule has 148 valence electrons. The zero-order valence-electron chi connectivity index (χ0n) is 15.3. The van der Waals surface area contributed by atoms with Gasteiger partial charge >= 0.3 is 12.1 Å². The third-order valence-electron chi connectivity index (χ3n) is 5.52. The highest BCUT2D eigenvalue weighted by molar-refractivity contribution is 5.78. The first kappa shape index (κ1) is 18.6. The van der Waals surface area contributed by atoms with Gasteiger partial charge in [-0.15, -0.1) is 0 Å². The monoisotopic (exact) mass is 391 g/mol. The minimum absolute atomic E-state index is 0.0565. The van der Waals surface area contributed by atoms with Gasteiger partial charge in [-0.2, -0.15) is 13.2 Å². The van der Waals surface area contributed by atoms with E-state index in [1.165, 1.54) is 12.1 Å². The number of carbonyl (C=O) groups is 1. The molecule has 2 unspecified atom stereocenters. The minimum Gasteiger partial charge on any atom is -0.481 e. The van der Waals surface area contributed by atoms with E-state index in [-0.39, 0.29) is 6.04 Å². The van der Waals surface area contributed by atoms with Crippen LogP contribution in [0.25, 0.3) is 0 Å². The number of aromatic nitrogens is 1. The molecule has 5 nitrogen and oxygen atoms in total. The molecule has 0 spiro atoms. The number of aliphatic carboxylic acids is 1. The lowest BCUT2D eigenvalue weighted by atomic mass is 9.89. The maximum atomic E-state index is 12.9. The van der Waals surface area contributed by atoms with Crippen molar-refractivity contribution in [2.75, 3.05) is 22.9 Å². The van der Waals surface area contributed by atoms with Crippen LogP contribution in [0.2, 0.25) is 0 Å². The number of piperidine rings is 1. The molecule has 0 saturated carbocycles. The molecule has 8 heteroatoms. The first-order valence-electron chi connectivity index (χ1n) is 9.16. The molecule has 0 amide bonds. The van der Waals surface area contributed by atoms with Crippen LogP contribution in [0.4, 0.5) is 30.4 Å². The predicted octanol–water partition coefficient (Wildman–Crippen LogP) is 4.23. The average Bonchev–Trinajstić information content (AvgIpc) is 2.66. The molecule has 1 saturated heterocycles. The van der Waals surface area contributed by atoms with E-state index in [1.807, 2.05) is 24.0 Å². The second-order valence-electron chi connectivity index (χ2n) is 7.36. The summed E-state index contributed by atoms with van der Waals surface area (Å²) >= 11 is 0. The zero-order chi connectivity index (χ0) is 20.1. The van der Waals surface area contributed by atoms with Crippen LogP contribution < -0.4 is 9.80 Å². The molecule has 1 aromatic carbocycles. The Bertz CT molecular complexity index is 899. The number of hydrogen-bond donors (Lipinski definition) is 1. The van der Waals surface area contributed by atoms with E-state index in [4.69, 9.17) is 0 Å². The second kappa shape index (κ2) is 6.68. The number of hydrogen-bond acceptors (Lipinski definition) is 4. The van der Waals surface area contributed by atoms with Crippen LogP contribution >= 0.6 is 0 Å². The lowest BCUT2D eigenvalue weighted by molar-refractivity contribution is -0.142. The van der Waals surface area contributed by atoms with Gasteiger partial charge in [-0.3, -0.25) is 4.79 Å². The summed E-state index contributed by atoms with van der Waals surface area (Å²) in [7, 11) is 0. The van der Waals surface area contributed by atoms with Gasteiger partial charge in [-0.05, 0) is 56.2 Å². The van der Waals surface area contributed by atoms with Crippen LogP contribution in [0.15, 0.2) is 36.4 Å². The number of fused-ring (bicyclic) bond motifs is 3. The van der Waals surface area contributed by atoms with Gasteiger partial charge in [-0.1, -0.05) is 0 Å². The molecule has 0 radical (unpaired) electrons. The van der Waals surface area contributed by atoms with Crippen molar-refractivity contribution in [1.82, 2.24) is 4.98 Å². The number of benzene rings is 1. The van der Waals surface area contributed by atoms with Crippen molar-refractivity contribution < 1.29 is 23.1 Å². The maximum absolute atomic E-state index is 12.9. The standard InChI is InChI=1S/C20H20F3N3O2/c1-12-2-7-17-18(24-12)25-9-8-13(19(27)28)10-16(25)11-26(17)15-5-3-14(4-6-15)20(21,22)23/h2-7,13,16H,8-11H2,1H3,(H,27,28). The molecule has 4 rings (SSSR count).